The van der Waals surface area contributed by atoms with Crippen molar-refractivity contribution in [1.29, 1.82) is 0 Å². The van der Waals surface area contributed by atoms with Gasteiger partial charge in [-0.15, -0.1) is 0 Å². The van der Waals surface area contributed by atoms with Crippen LogP contribution in [-0.4, -0.2) is 11.6 Å². The summed E-state index contributed by atoms with van der Waals surface area (Å²) in [5.41, 5.74) is -0.346. The van der Waals surface area contributed by atoms with Crippen LogP contribution in [0.25, 0.3) is 0 Å². The maximum absolute atomic E-state index is 13.2. The van der Waals surface area contributed by atoms with Gasteiger partial charge in [-0.3, -0.25) is 4.79 Å². The lowest BCUT2D eigenvalue weighted by atomic mass is 9.54. The molecule has 0 amide bonds. The fraction of sp³-hybridized carbons (Fsp3) is 0.952. The van der Waals surface area contributed by atoms with Crippen LogP contribution in [0.5, 0.6) is 0 Å². The molecule has 0 spiro atoms. The number of hydrogen-bond donors (Lipinski definition) is 0. The van der Waals surface area contributed by atoms with Crippen LogP contribution in [-0.2, 0) is 9.53 Å². The highest BCUT2D eigenvalue weighted by molar-refractivity contribution is 5.77. The summed E-state index contributed by atoms with van der Waals surface area (Å²) in [5, 5.41) is 0. The van der Waals surface area contributed by atoms with E-state index in [2.05, 4.69) is 41.5 Å². The zero-order chi connectivity index (χ0) is 17.0. The molecule has 0 aromatic heterocycles. The molecule has 4 fully saturated rings. The Kier molecular flexibility index (Phi) is 4.13. The highest BCUT2D eigenvalue weighted by Gasteiger charge is 2.55. The van der Waals surface area contributed by atoms with Crippen molar-refractivity contribution in [2.75, 3.05) is 0 Å². The van der Waals surface area contributed by atoms with Crippen molar-refractivity contribution in [3.05, 3.63) is 0 Å². The predicted molar refractivity (Wildman–Crippen MR) is 94.0 cm³/mol. The maximum Gasteiger partial charge on any atom is 0.312 e. The standard InChI is InChI=1S/C21H36O2/c1-14(2)20(6,13-19(3,4)5)18(22)23-21-10-15-7-16(11-21)9-17(8-15)12-21/h14-17H,7-13H2,1-6H3. The molecule has 23 heavy (non-hydrogen) atoms. The monoisotopic (exact) mass is 320 g/mol. The summed E-state index contributed by atoms with van der Waals surface area (Å²) in [4.78, 5) is 13.2. The molecular weight excluding hydrogens is 284 g/mol. The van der Waals surface area contributed by atoms with Gasteiger partial charge in [-0.05, 0) is 81.0 Å². The second-order valence-corrected chi connectivity index (χ2v) is 10.8. The molecule has 0 aromatic rings. The van der Waals surface area contributed by atoms with Crippen LogP contribution in [0.4, 0.5) is 0 Å². The lowest BCUT2D eigenvalue weighted by molar-refractivity contribution is -0.200. The second kappa shape index (κ2) is 5.49. The first kappa shape index (κ1) is 17.3. The largest absolute Gasteiger partial charge is 0.459 e. The smallest absolute Gasteiger partial charge is 0.312 e. The van der Waals surface area contributed by atoms with E-state index in [9.17, 15) is 4.79 Å². The molecule has 0 saturated heterocycles. The fourth-order valence-corrected chi connectivity index (χ4v) is 6.08. The molecule has 0 N–H and O–H groups in total. The molecule has 4 bridgehead atoms. The molecule has 1 unspecified atom stereocenters. The van der Waals surface area contributed by atoms with Crippen molar-refractivity contribution in [3.8, 4) is 0 Å². The van der Waals surface area contributed by atoms with Crippen molar-refractivity contribution in [3.63, 3.8) is 0 Å². The van der Waals surface area contributed by atoms with E-state index in [-0.39, 0.29) is 22.4 Å². The van der Waals surface area contributed by atoms with Gasteiger partial charge in [0.2, 0.25) is 0 Å². The molecule has 132 valence electrons. The van der Waals surface area contributed by atoms with Gasteiger partial charge in [0.1, 0.15) is 5.60 Å². The Balaban J connectivity index is 1.77. The van der Waals surface area contributed by atoms with Crippen LogP contribution < -0.4 is 0 Å². The lowest BCUT2D eigenvalue weighted by Crippen LogP contribution is -2.54. The molecule has 0 aromatic carbocycles. The number of carbonyl (C=O) groups is 1. The molecule has 4 rings (SSSR count). The zero-order valence-corrected chi connectivity index (χ0v) is 16.1. The van der Waals surface area contributed by atoms with E-state index in [1.807, 2.05) is 0 Å². The number of carbonyl (C=O) groups excluding carboxylic acids is 1. The summed E-state index contributed by atoms with van der Waals surface area (Å²) in [6.45, 7) is 13.2. The summed E-state index contributed by atoms with van der Waals surface area (Å²) < 4.78 is 6.38. The molecule has 2 heteroatoms. The van der Waals surface area contributed by atoms with E-state index in [1.165, 1.54) is 19.3 Å². The van der Waals surface area contributed by atoms with Crippen molar-refractivity contribution in [1.82, 2.24) is 0 Å². The Bertz CT molecular complexity index is 435. The third kappa shape index (κ3) is 3.33. The van der Waals surface area contributed by atoms with Gasteiger partial charge in [-0.25, -0.2) is 0 Å². The molecule has 0 aliphatic heterocycles. The molecule has 4 saturated carbocycles. The van der Waals surface area contributed by atoms with Crippen molar-refractivity contribution in [2.24, 2.45) is 34.5 Å². The average molecular weight is 321 g/mol. The third-order valence-corrected chi connectivity index (χ3v) is 6.93. The maximum atomic E-state index is 13.2. The Morgan fingerprint density at radius 3 is 1.78 bits per heavy atom. The van der Waals surface area contributed by atoms with Crippen LogP contribution in [0.2, 0.25) is 0 Å². The minimum atomic E-state index is -0.373. The lowest BCUT2D eigenvalue weighted by Gasteiger charge is -2.56. The van der Waals surface area contributed by atoms with Crippen LogP contribution in [0.15, 0.2) is 0 Å². The third-order valence-electron chi connectivity index (χ3n) is 6.93. The van der Waals surface area contributed by atoms with E-state index in [0.29, 0.717) is 5.92 Å². The van der Waals surface area contributed by atoms with Gasteiger partial charge in [0.05, 0.1) is 5.41 Å². The Labute approximate surface area is 142 Å². The van der Waals surface area contributed by atoms with Crippen LogP contribution in [0.1, 0.15) is 86.5 Å². The number of rotatable bonds is 4. The second-order valence-electron chi connectivity index (χ2n) is 10.8. The summed E-state index contributed by atoms with van der Waals surface area (Å²) in [7, 11) is 0. The molecule has 0 heterocycles. The fourth-order valence-electron chi connectivity index (χ4n) is 6.08. The topological polar surface area (TPSA) is 26.3 Å². The highest BCUT2D eigenvalue weighted by atomic mass is 16.6. The van der Waals surface area contributed by atoms with Crippen molar-refractivity contribution < 1.29 is 9.53 Å². The first-order valence-corrected chi connectivity index (χ1v) is 9.75. The Hall–Kier alpha value is -0.530. The normalized spacial score (nSPS) is 38.7. The number of hydrogen-bond acceptors (Lipinski definition) is 2. The van der Waals surface area contributed by atoms with E-state index in [4.69, 9.17) is 4.74 Å². The van der Waals surface area contributed by atoms with Crippen molar-refractivity contribution >= 4 is 5.97 Å². The number of ether oxygens (including phenoxy) is 1. The van der Waals surface area contributed by atoms with Gasteiger partial charge in [-0.1, -0.05) is 34.6 Å². The molecule has 0 radical (unpaired) electrons. The van der Waals surface area contributed by atoms with Gasteiger partial charge in [0.25, 0.3) is 0 Å². The van der Waals surface area contributed by atoms with E-state index in [1.54, 1.807) is 0 Å². The Morgan fingerprint density at radius 2 is 1.43 bits per heavy atom. The molecular formula is C21H36O2. The van der Waals surface area contributed by atoms with Gasteiger partial charge >= 0.3 is 5.97 Å². The molecule has 2 nitrogen and oxygen atoms in total. The minimum Gasteiger partial charge on any atom is -0.459 e. The van der Waals surface area contributed by atoms with Crippen LogP contribution in [0.3, 0.4) is 0 Å². The summed E-state index contributed by atoms with van der Waals surface area (Å²) in [6, 6.07) is 0. The van der Waals surface area contributed by atoms with Gasteiger partial charge < -0.3 is 4.74 Å². The van der Waals surface area contributed by atoms with E-state index in [0.717, 1.165) is 43.4 Å². The average Bonchev–Trinajstić information content (AvgIpc) is 2.33. The minimum absolute atomic E-state index is 0.0735. The van der Waals surface area contributed by atoms with Crippen LogP contribution >= 0.6 is 0 Å². The zero-order valence-electron chi connectivity index (χ0n) is 16.1. The molecule has 4 aliphatic rings. The van der Waals surface area contributed by atoms with Crippen molar-refractivity contribution in [2.45, 2.75) is 92.1 Å². The summed E-state index contributed by atoms with van der Waals surface area (Å²) >= 11 is 0. The van der Waals surface area contributed by atoms with Crippen LogP contribution in [0, 0.1) is 34.5 Å². The summed E-state index contributed by atoms with van der Waals surface area (Å²) in [5.74, 6) is 2.85. The highest BCUT2D eigenvalue weighted by Crippen LogP contribution is 2.57. The van der Waals surface area contributed by atoms with Gasteiger partial charge in [-0.2, -0.15) is 0 Å². The first-order valence-electron chi connectivity index (χ1n) is 9.75. The molecule has 1 atom stereocenters. The predicted octanol–water partition coefficient (Wildman–Crippen LogP) is 5.60. The van der Waals surface area contributed by atoms with Gasteiger partial charge in [0, 0.05) is 0 Å². The quantitative estimate of drug-likeness (QED) is 0.630. The van der Waals surface area contributed by atoms with E-state index >= 15 is 0 Å². The number of esters is 1. The Morgan fingerprint density at radius 1 is 1.00 bits per heavy atom. The summed E-state index contributed by atoms with van der Waals surface area (Å²) in [6.07, 6.45) is 8.46. The molecule has 4 aliphatic carbocycles. The SMILES string of the molecule is CC(C)C(C)(CC(C)(C)C)C(=O)OC12CC3CC(CC(C3)C1)C2. The van der Waals surface area contributed by atoms with E-state index < -0.39 is 0 Å². The first-order chi connectivity index (χ1) is 10.5. The van der Waals surface area contributed by atoms with Gasteiger partial charge in [0.15, 0.2) is 0 Å².